The Morgan fingerprint density at radius 2 is 2.16 bits per heavy atom. The molecule has 160 valence electrons. The van der Waals surface area contributed by atoms with Crippen LogP contribution in [-0.2, 0) is 11.3 Å². The SMILES string of the molecule is C=CCn1c(SCC(=O)Nc2sccc2C#N)nnc1-c1ccc(OCCCC)cc1. The molecule has 3 rings (SSSR count). The number of unbranched alkanes of at least 4 members (excludes halogenated alkanes) is 1. The molecule has 2 heterocycles. The first-order chi connectivity index (χ1) is 15.2. The van der Waals surface area contributed by atoms with Gasteiger partial charge in [-0.3, -0.25) is 9.36 Å². The molecular formula is C22H23N5O2S2. The van der Waals surface area contributed by atoms with Crippen molar-refractivity contribution in [3.63, 3.8) is 0 Å². The second-order valence-corrected chi connectivity index (χ2v) is 8.40. The van der Waals surface area contributed by atoms with Crippen molar-refractivity contribution in [1.29, 1.82) is 5.26 Å². The van der Waals surface area contributed by atoms with Gasteiger partial charge in [0.1, 0.15) is 16.8 Å². The van der Waals surface area contributed by atoms with E-state index in [9.17, 15) is 4.79 Å². The molecule has 1 N–H and O–H groups in total. The van der Waals surface area contributed by atoms with Gasteiger partial charge in [0.25, 0.3) is 0 Å². The molecule has 0 bridgehead atoms. The van der Waals surface area contributed by atoms with Crippen molar-refractivity contribution >= 4 is 34.0 Å². The summed E-state index contributed by atoms with van der Waals surface area (Å²) in [5.41, 5.74) is 1.37. The maximum atomic E-state index is 12.3. The number of rotatable bonds is 11. The van der Waals surface area contributed by atoms with Gasteiger partial charge in [0.05, 0.1) is 17.9 Å². The molecule has 7 nitrogen and oxygen atoms in total. The summed E-state index contributed by atoms with van der Waals surface area (Å²) < 4.78 is 7.64. The Balaban J connectivity index is 1.68. The molecule has 0 saturated heterocycles. The number of ether oxygens (including phenoxy) is 1. The standard InChI is InChI=1S/C22H23N5O2S2/c1-3-5-12-29-18-8-6-16(7-9-18)20-25-26-22(27(20)11-4-2)31-15-19(28)24-21-17(14-23)10-13-30-21/h4,6-10,13H,2-3,5,11-12,15H2,1H3,(H,24,28). The zero-order valence-corrected chi connectivity index (χ0v) is 18.8. The topological polar surface area (TPSA) is 92.8 Å². The molecule has 1 amide bonds. The Morgan fingerprint density at radius 1 is 1.35 bits per heavy atom. The number of anilines is 1. The summed E-state index contributed by atoms with van der Waals surface area (Å²) >= 11 is 2.61. The van der Waals surface area contributed by atoms with Crippen LogP contribution in [0.5, 0.6) is 5.75 Å². The number of thiophene rings is 1. The van der Waals surface area contributed by atoms with Crippen molar-refractivity contribution < 1.29 is 9.53 Å². The quantitative estimate of drug-likeness (QED) is 0.250. The van der Waals surface area contributed by atoms with E-state index in [4.69, 9.17) is 10.00 Å². The third kappa shape index (κ3) is 5.96. The number of carbonyl (C=O) groups is 1. The number of carbonyl (C=O) groups excluding carboxylic acids is 1. The average Bonchev–Trinajstić information content (AvgIpc) is 3.40. The van der Waals surface area contributed by atoms with Crippen LogP contribution in [0.2, 0.25) is 0 Å². The summed E-state index contributed by atoms with van der Waals surface area (Å²) in [6, 6.07) is 11.5. The van der Waals surface area contributed by atoms with Crippen LogP contribution in [0.3, 0.4) is 0 Å². The highest BCUT2D eigenvalue weighted by Gasteiger charge is 2.16. The minimum Gasteiger partial charge on any atom is -0.494 e. The zero-order chi connectivity index (χ0) is 22.1. The van der Waals surface area contributed by atoms with Gasteiger partial charge < -0.3 is 10.1 Å². The summed E-state index contributed by atoms with van der Waals surface area (Å²) in [5, 5.41) is 23.4. The summed E-state index contributed by atoms with van der Waals surface area (Å²) in [7, 11) is 0. The van der Waals surface area contributed by atoms with E-state index in [0.717, 1.165) is 24.2 Å². The molecule has 0 radical (unpaired) electrons. The van der Waals surface area contributed by atoms with E-state index >= 15 is 0 Å². The van der Waals surface area contributed by atoms with Crippen LogP contribution in [0.4, 0.5) is 5.00 Å². The van der Waals surface area contributed by atoms with Crippen molar-refractivity contribution in [3.8, 4) is 23.2 Å². The van der Waals surface area contributed by atoms with Gasteiger partial charge in [0, 0.05) is 12.1 Å². The first kappa shape index (κ1) is 22.6. The van der Waals surface area contributed by atoms with Crippen molar-refractivity contribution in [1.82, 2.24) is 14.8 Å². The van der Waals surface area contributed by atoms with Crippen LogP contribution in [0, 0.1) is 11.3 Å². The number of nitriles is 1. The molecule has 0 atom stereocenters. The zero-order valence-electron chi connectivity index (χ0n) is 17.2. The summed E-state index contributed by atoms with van der Waals surface area (Å²) in [6.45, 7) is 7.17. The van der Waals surface area contributed by atoms with E-state index in [1.165, 1.54) is 23.1 Å². The van der Waals surface area contributed by atoms with E-state index in [2.05, 4.69) is 35.1 Å². The largest absolute Gasteiger partial charge is 0.494 e. The predicted molar refractivity (Wildman–Crippen MR) is 124 cm³/mol. The Labute approximate surface area is 189 Å². The van der Waals surface area contributed by atoms with Gasteiger partial charge in [0.15, 0.2) is 11.0 Å². The molecule has 0 aliphatic heterocycles. The molecule has 0 aliphatic rings. The maximum absolute atomic E-state index is 12.3. The number of amides is 1. The van der Waals surface area contributed by atoms with Crippen LogP contribution in [0.25, 0.3) is 11.4 Å². The lowest BCUT2D eigenvalue weighted by Crippen LogP contribution is -2.14. The molecule has 0 unspecified atom stereocenters. The highest BCUT2D eigenvalue weighted by atomic mass is 32.2. The predicted octanol–water partition coefficient (Wildman–Crippen LogP) is 4.97. The van der Waals surface area contributed by atoms with Gasteiger partial charge in [0.2, 0.25) is 5.91 Å². The van der Waals surface area contributed by atoms with Crippen LogP contribution >= 0.6 is 23.1 Å². The number of thioether (sulfide) groups is 1. The van der Waals surface area contributed by atoms with Crippen molar-refractivity contribution in [2.24, 2.45) is 0 Å². The highest BCUT2D eigenvalue weighted by molar-refractivity contribution is 7.99. The third-order valence-electron chi connectivity index (χ3n) is 4.28. The Kier molecular flexibility index (Phi) is 8.27. The molecule has 0 aliphatic carbocycles. The molecule has 0 saturated carbocycles. The number of nitrogens with zero attached hydrogens (tertiary/aromatic N) is 4. The van der Waals surface area contributed by atoms with E-state index in [1.807, 2.05) is 28.8 Å². The van der Waals surface area contributed by atoms with Crippen LogP contribution < -0.4 is 10.1 Å². The molecule has 0 fully saturated rings. The van der Waals surface area contributed by atoms with E-state index in [1.54, 1.807) is 17.5 Å². The first-order valence-electron chi connectivity index (χ1n) is 9.83. The lowest BCUT2D eigenvalue weighted by atomic mass is 10.2. The molecule has 3 aromatic rings. The van der Waals surface area contributed by atoms with Gasteiger partial charge in [-0.2, -0.15) is 5.26 Å². The fraction of sp³-hybridized carbons (Fsp3) is 0.273. The van der Waals surface area contributed by atoms with Crippen LogP contribution in [0.15, 0.2) is 53.5 Å². The minimum atomic E-state index is -0.202. The summed E-state index contributed by atoms with van der Waals surface area (Å²) in [5.74, 6) is 1.48. The van der Waals surface area contributed by atoms with Crippen LogP contribution in [-0.4, -0.2) is 33.0 Å². The molecule has 1 aromatic carbocycles. The number of benzene rings is 1. The second-order valence-electron chi connectivity index (χ2n) is 6.54. The van der Waals surface area contributed by atoms with Crippen molar-refractivity contribution in [2.75, 3.05) is 17.7 Å². The number of allylic oxidation sites excluding steroid dienone is 1. The van der Waals surface area contributed by atoms with Gasteiger partial charge in [-0.15, -0.1) is 28.1 Å². The Morgan fingerprint density at radius 3 is 2.87 bits per heavy atom. The van der Waals surface area contributed by atoms with E-state index < -0.39 is 0 Å². The number of hydrogen-bond acceptors (Lipinski definition) is 7. The van der Waals surface area contributed by atoms with Crippen molar-refractivity contribution in [2.45, 2.75) is 31.5 Å². The van der Waals surface area contributed by atoms with Crippen molar-refractivity contribution in [3.05, 3.63) is 53.9 Å². The fourth-order valence-electron chi connectivity index (χ4n) is 2.72. The van der Waals surface area contributed by atoms with Gasteiger partial charge >= 0.3 is 0 Å². The maximum Gasteiger partial charge on any atom is 0.235 e. The normalized spacial score (nSPS) is 10.5. The molecule has 9 heteroatoms. The van der Waals surface area contributed by atoms with Gasteiger partial charge in [-0.05, 0) is 42.1 Å². The molecule has 0 spiro atoms. The minimum absolute atomic E-state index is 0.155. The average molecular weight is 454 g/mol. The summed E-state index contributed by atoms with van der Waals surface area (Å²) in [4.78, 5) is 12.3. The lowest BCUT2D eigenvalue weighted by Gasteiger charge is -2.09. The molecule has 31 heavy (non-hydrogen) atoms. The third-order valence-corrected chi connectivity index (χ3v) is 6.08. The van der Waals surface area contributed by atoms with E-state index in [0.29, 0.717) is 34.7 Å². The lowest BCUT2D eigenvalue weighted by molar-refractivity contribution is -0.113. The molecular weight excluding hydrogens is 430 g/mol. The first-order valence-corrected chi connectivity index (χ1v) is 11.7. The van der Waals surface area contributed by atoms with E-state index in [-0.39, 0.29) is 11.7 Å². The number of hydrogen-bond donors (Lipinski definition) is 1. The number of aromatic nitrogens is 3. The molecule has 2 aromatic heterocycles. The fourth-order valence-corrected chi connectivity index (χ4v) is 4.23. The Bertz CT molecular complexity index is 1070. The summed E-state index contributed by atoms with van der Waals surface area (Å²) in [6.07, 6.45) is 3.88. The number of nitrogens with one attached hydrogen (secondary N) is 1. The monoisotopic (exact) mass is 453 g/mol. The van der Waals surface area contributed by atoms with Gasteiger partial charge in [-0.1, -0.05) is 31.2 Å². The second kappa shape index (κ2) is 11.3. The Hall–Kier alpha value is -3.09. The van der Waals surface area contributed by atoms with Crippen LogP contribution in [0.1, 0.15) is 25.3 Å². The van der Waals surface area contributed by atoms with Gasteiger partial charge in [-0.25, -0.2) is 0 Å². The highest BCUT2D eigenvalue weighted by Crippen LogP contribution is 2.27. The smallest absolute Gasteiger partial charge is 0.235 e.